The molecule has 1 fully saturated rings. The molecule has 1 aliphatic rings. The Morgan fingerprint density at radius 1 is 1.39 bits per heavy atom. The summed E-state index contributed by atoms with van der Waals surface area (Å²) in [6.07, 6.45) is -0.823. The summed E-state index contributed by atoms with van der Waals surface area (Å²) in [4.78, 5) is 18.9. The van der Waals surface area contributed by atoms with Crippen molar-refractivity contribution in [1.29, 1.82) is 0 Å². The lowest BCUT2D eigenvalue weighted by molar-refractivity contribution is 0.103. The zero-order chi connectivity index (χ0) is 13.1. The van der Waals surface area contributed by atoms with Crippen LogP contribution in [0.4, 0.5) is 4.79 Å². The summed E-state index contributed by atoms with van der Waals surface area (Å²) < 4.78 is 0.847. The van der Waals surface area contributed by atoms with Gasteiger partial charge in [-0.2, -0.15) is 0 Å². The van der Waals surface area contributed by atoms with Crippen LogP contribution in [-0.2, 0) is 6.54 Å². The molecule has 2 rings (SSSR count). The van der Waals surface area contributed by atoms with Gasteiger partial charge in [-0.15, -0.1) is 0 Å². The van der Waals surface area contributed by atoms with Gasteiger partial charge in [-0.05, 0) is 34.5 Å². The standard InChI is InChI=1S/C12H16BrN3O2/c1-9-10(2-3-11(13)14-9)8-15-4-6-16(7-5-15)12(17)18/h2-3H,4-8H2,1H3,(H,17,18). The third-order valence-corrected chi connectivity index (χ3v) is 3.64. The van der Waals surface area contributed by atoms with E-state index in [0.717, 1.165) is 29.9 Å². The number of amides is 1. The summed E-state index contributed by atoms with van der Waals surface area (Å²) in [6.45, 7) is 5.55. The first-order valence-electron chi connectivity index (χ1n) is 5.88. The zero-order valence-corrected chi connectivity index (χ0v) is 11.9. The molecule has 5 nitrogen and oxygen atoms in total. The quantitative estimate of drug-likeness (QED) is 0.848. The van der Waals surface area contributed by atoms with Crippen LogP contribution in [0.5, 0.6) is 0 Å². The highest BCUT2D eigenvalue weighted by Gasteiger charge is 2.20. The summed E-state index contributed by atoms with van der Waals surface area (Å²) in [5, 5.41) is 8.88. The van der Waals surface area contributed by atoms with Crippen LogP contribution in [0, 0.1) is 6.92 Å². The third kappa shape index (κ3) is 3.20. The Balaban J connectivity index is 1.93. The van der Waals surface area contributed by atoms with Gasteiger partial charge in [0.1, 0.15) is 4.60 Å². The molecule has 0 aromatic carbocycles. The largest absolute Gasteiger partial charge is 0.465 e. The molecule has 1 aromatic rings. The fourth-order valence-electron chi connectivity index (χ4n) is 2.06. The summed E-state index contributed by atoms with van der Waals surface area (Å²) in [6, 6.07) is 4.01. The van der Waals surface area contributed by atoms with Gasteiger partial charge >= 0.3 is 6.09 Å². The lowest BCUT2D eigenvalue weighted by Crippen LogP contribution is -2.47. The van der Waals surface area contributed by atoms with Gasteiger partial charge in [0.15, 0.2) is 0 Å². The SMILES string of the molecule is Cc1nc(Br)ccc1CN1CCN(C(=O)O)CC1. The maximum absolute atomic E-state index is 10.8. The number of nitrogens with zero attached hydrogens (tertiary/aromatic N) is 3. The second-order valence-corrected chi connectivity index (χ2v) is 5.24. The van der Waals surface area contributed by atoms with Crippen molar-refractivity contribution >= 4 is 22.0 Å². The number of carboxylic acid groups (broad SMARTS) is 1. The van der Waals surface area contributed by atoms with E-state index in [9.17, 15) is 4.79 Å². The van der Waals surface area contributed by atoms with Crippen LogP contribution in [0.15, 0.2) is 16.7 Å². The molecule has 0 unspecified atom stereocenters. The normalized spacial score (nSPS) is 16.9. The second-order valence-electron chi connectivity index (χ2n) is 4.42. The Kier molecular flexibility index (Phi) is 4.19. The van der Waals surface area contributed by atoms with E-state index in [0.29, 0.717) is 13.1 Å². The molecule has 1 amide bonds. The van der Waals surface area contributed by atoms with Gasteiger partial charge in [0.2, 0.25) is 0 Å². The number of rotatable bonds is 2. The van der Waals surface area contributed by atoms with E-state index < -0.39 is 6.09 Å². The highest BCUT2D eigenvalue weighted by Crippen LogP contribution is 2.14. The number of halogens is 1. The number of hydrogen-bond donors (Lipinski definition) is 1. The fraction of sp³-hybridized carbons (Fsp3) is 0.500. The van der Waals surface area contributed by atoms with Crippen LogP contribution >= 0.6 is 15.9 Å². The van der Waals surface area contributed by atoms with Gasteiger partial charge < -0.3 is 10.0 Å². The lowest BCUT2D eigenvalue weighted by atomic mass is 10.2. The lowest BCUT2D eigenvalue weighted by Gasteiger charge is -2.33. The van der Waals surface area contributed by atoms with Crippen LogP contribution < -0.4 is 0 Å². The number of aromatic nitrogens is 1. The van der Waals surface area contributed by atoms with Crippen molar-refractivity contribution in [1.82, 2.24) is 14.8 Å². The van der Waals surface area contributed by atoms with E-state index in [1.165, 1.54) is 10.5 Å². The molecular weight excluding hydrogens is 298 g/mol. The van der Waals surface area contributed by atoms with Crippen molar-refractivity contribution in [2.24, 2.45) is 0 Å². The number of carbonyl (C=O) groups is 1. The minimum absolute atomic E-state index is 0.582. The van der Waals surface area contributed by atoms with Gasteiger partial charge in [-0.25, -0.2) is 9.78 Å². The van der Waals surface area contributed by atoms with Crippen molar-refractivity contribution in [2.75, 3.05) is 26.2 Å². The van der Waals surface area contributed by atoms with Crippen LogP contribution in [0.3, 0.4) is 0 Å². The fourth-order valence-corrected chi connectivity index (χ4v) is 2.46. The minimum Gasteiger partial charge on any atom is -0.465 e. The molecule has 1 aliphatic heterocycles. The highest BCUT2D eigenvalue weighted by atomic mass is 79.9. The molecule has 0 radical (unpaired) electrons. The molecule has 0 spiro atoms. The van der Waals surface area contributed by atoms with Crippen LogP contribution in [0.2, 0.25) is 0 Å². The Labute approximate surface area is 115 Å². The molecule has 18 heavy (non-hydrogen) atoms. The highest BCUT2D eigenvalue weighted by molar-refractivity contribution is 9.10. The van der Waals surface area contributed by atoms with Gasteiger partial charge in [0, 0.05) is 38.4 Å². The molecule has 1 N–H and O–H groups in total. The van der Waals surface area contributed by atoms with E-state index in [1.807, 2.05) is 13.0 Å². The Bertz CT molecular complexity index is 445. The van der Waals surface area contributed by atoms with Crippen molar-refractivity contribution in [3.05, 3.63) is 28.0 Å². The van der Waals surface area contributed by atoms with E-state index in [2.05, 4.69) is 31.9 Å². The number of piperazine rings is 1. The number of aryl methyl sites for hydroxylation is 1. The van der Waals surface area contributed by atoms with Gasteiger partial charge in [0.05, 0.1) is 0 Å². The molecule has 1 aromatic heterocycles. The van der Waals surface area contributed by atoms with Crippen molar-refractivity contribution in [2.45, 2.75) is 13.5 Å². The molecule has 0 atom stereocenters. The van der Waals surface area contributed by atoms with E-state index in [1.54, 1.807) is 0 Å². The topological polar surface area (TPSA) is 56.7 Å². The average molecular weight is 314 g/mol. The van der Waals surface area contributed by atoms with Gasteiger partial charge in [0.25, 0.3) is 0 Å². The first kappa shape index (κ1) is 13.3. The molecule has 98 valence electrons. The van der Waals surface area contributed by atoms with Crippen molar-refractivity contribution in [3.63, 3.8) is 0 Å². The Hall–Kier alpha value is -1.14. The van der Waals surface area contributed by atoms with Crippen LogP contribution in [0.25, 0.3) is 0 Å². The average Bonchev–Trinajstić information content (AvgIpc) is 2.33. The van der Waals surface area contributed by atoms with E-state index >= 15 is 0 Å². The maximum atomic E-state index is 10.8. The molecule has 0 bridgehead atoms. The maximum Gasteiger partial charge on any atom is 0.407 e. The Morgan fingerprint density at radius 2 is 2.06 bits per heavy atom. The Morgan fingerprint density at radius 3 is 2.61 bits per heavy atom. The predicted molar refractivity (Wildman–Crippen MR) is 71.5 cm³/mol. The number of pyridine rings is 1. The van der Waals surface area contributed by atoms with Gasteiger partial charge in [-0.3, -0.25) is 4.90 Å². The summed E-state index contributed by atoms with van der Waals surface area (Å²) >= 11 is 3.35. The summed E-state index contributed by atoms with van der Waals surface area (Å²) in [7, 11) is 0. The number of hydrogen-bond acceptors (Lipinski definition) is 3. The summed E-state index contributed by atoms with van der Waals surface area (Å²) in [5.41, 5.74) is 2.21. The zero-order valence-electron chi connectivity index (χ0n) is 10.3. The van der Waals surface area contributed by atoms with Crippen LogP contribution in [-0.4, -0.2) is 52.2 Å². The van der Waals surface area contributed by atoms with Crippen molar-refractivity contribution in [3.8, 4) is 0 Å². The van der Waals surface area contributed by atoms with E-state index in [4.69, 9.17) is 5.11 Å². The van der Waals surface area contributed by atoms with Crippen LogP contribution in [0.1, 0.15) is 11.3 Å². The molecule has 6 heteroatoms. The minimum atomic E-state index is -0.823. The molecule has 0 aliphatic carbocycles. The van der Waals surface area contributed by atoms with Gasteiger partial charge in [-0.1, -0.05) is 6.07 Å². The third-order valence-electron chi connectivity index (χ3n) is 3.20. The predicted octanol–water partition coefficient (Wildman–Crippen LogP) is 1.95. The molecule has 1 saturated heterocycles. The molecule has 0 saturated carbocycles. The first-order chi connectivity index (χ1) is 8.56. The van der Waals surface area contributed by atoms with E-state index in [-0.39, 0.29) is 0 Å². The monoisotopic (exact) mass is 313 g/mol. The molecule has 2 heterocycles. The molecular formula is C12H16BrN3O2. The second kappa shape index (κ2) is 5.67. The smallest absolute Gasteiger partial charge is 0.407 e. The first-order valence-corrected chi connectivity index (χ1v) is 6.68. The summed E-state index contributed by atoms with van der Waals surface area (Å²) in [5.74, 6) is 0. The van der Waals surface area contributed by atoms with Crippen molar-refractivity contribution < 1.29 is 9.90 Å².